The highest BCUT2D eigenvalue weighted by molar-refractivity contribution is 5.89. The molecule has 0 aromatic heterocycles. The average Bonchev–Trinajstić information content (AvgIpc) is 2.38. The van der Waals surface area contributed by atoms with Gasteiger partial charge < -0.3 is 20.5 Å². The van der Waals surface area contributed by atoms with Crippen molar-refractivity contribution in [2.75, 3.05) is 18.5 Å². The van der Waals surface area contributed by atoms with E-state index in [-0.39, 0.29) is 12.6 Å². The molecule has 0 atom stereocenters. The predicted molar refractivity (Wildman–Crippen MR) is 70.0 cm³/mol. The Kier molecular flexibility index (Phi) is 5.76. The average molecular weight is 262 g/mol. The fourth-order valence-electron chi connectivity index (χ4n) is 1.17. The molecule has 3 N–H and O–H groups in total. The van der Waals surface area contributed by atoms with Gasteiger partial charge in [-0.3, -0.25) is 0 Å². The molecule has 6 nitrogen and oxygen atoms in total. The summed E-state index contributed by atoms with van der Waals surface area (Å²) >= 11 is 0. The van der Waals surface area contributed by atoms with Crippen LogP contribution in [0.3, 0.4) is 0 Å². The van der Waals surface area contributed by atoms with E-state index in [9.17, 15) is 9.59 Å². The Hall–Kier alpha value is -2.68. The molecule has 1 rings (SSSR count). The number of hydrogen-bond acceptors (Lipinski definition) is 3. The van der Waals surface area contributed by atoms with Crippen LogP contribution >= 0.6 is 0 Å². The Morgan fingerprint density at radius 1 is 1.32 bits per heavy atom. The van der Waals surface area contributed by atoms with Crippen LogP contribution in [-0.4, -0.2) is 30.3 Å². The Morgan fingerprint density at radius 3 is 2.58 bits per heavy atom. The third-order valence-electron chi connectivity index (χ3n) is 1.99. The number of benzene rings is 1. The summed E-state index contributed by atoms with van der Waals surface area (Å²) in [6, 6.07) is 6.02. The van der Waals surface area contributed by atoms with Crippen LogP contribution in [-0.2, 0) is 4.79 Å². The van der Waals surface area contributed by atoms with E-state index in [2.05, 4.69) is 22.5 Å². The van der Waals surface area contributed by atoms with Gasteiger partial charge in [0.15, 0.2) is 6.61 Å². The Morgan fingerprint density at radius 2 is 2.00 bits per heavy atom. The van der Waals surface area contributed by atoms with E-state index in [0.29, 0.717) is 11.4 Å². The van der Waals surface area contributed by atoms with Crippen molar-refractivity contribution in [1.82, 2.24) is 5.32 Å². The number of hydrogen-bond donors (Lipinski definition) is 3. The minimum absolute atomic E-state index is 0.280. The molecule has 0 bridgehead atoms. The number of carbonyl (C=O) groups is 2. The number of anilines is 1. The Labute approximate surface area is 110 Å². The molecule has 0 fully saturated rings. The number of ether oxygens (including phenoxy) is 1. The first-order valence-corrected chi connectivity index (χ1v) is 5.51. The van der Waals surface area contributed by atoms with Gasteiger partial charge in [0.1, 0.15) is 5.75 Å². The summed E-state index contributed by atoms with van der Waals surface area (Å²) in [6.07, 6.45) is 0. The number of carboxylic acids is 1. The second-order valence-corrected chi connectivity index (χ2v) is 3.44. The molecule has 19 heavy (non-hydrogen) atoms. The van der Waals surface area contributed by atoms with Crippen molar-refractivity contribution in [1.29, 1.82) is 0 Å². The lowest BCUT2D eigenvalue weighted by molar-refractivity contribution is -0.139. The molecule has 0 saturated carbocycles. The summed E-state index contributed by atoms with van der Waals surface area (Å²) in [5, 5.41) is 13.6. The molecule has 2 amide bonds. The molecule has 0 unspecified atom stereocenters. The molecule has 0 aliphatic rings. The number of aliphatic carboxylic acids is 1. The second kappa shape index (κ2) is 7.61. The van der Waals surface area contributed by atoms with Gasteiger partial charge in [0.05, 0.1) is 6.54 Å². The highest BCUT2D eigenvalue weighted by Crippen LogP contribution is 2.15. The zero-order chi connectivity index (χ0) is 14.1. The summed E-state index contributed by atoms with van der Waals surface area (Å²) in [5.74, 6) is 4.74. The predicted octanol–water partition coefficient (Wildman–Crippen LogP) is 1.29. The monoisotopic (exact) mass is 262 g/mol. The fourth-order valence-corrected chi connectivity index (χ4v) is 1.17. The third-order valence-corrected chi connectivity index (χ3v) is 1.99. The zero-order valence-corrected chi connectivity index (χ0v) is 10.4. The number of carbonyl (C=O) groups excluding carboxylic acids is 1. The molecule has 0 heterocycles. The normalized spacial score (nSPS) is 8.89. The molecule has 0 saturated heterocycles. The molecule has 1 aromatic rings. The van der Waals surface area contributed by atoms with Crippen molar-refractivity contribution in [3.63, 3.8) is 0 Å². The minimum Gasteiger partial charge on any atom is -0.482 e. The quantitative estimate of drug-likeness (QED) is 0.698. The lowest BCUT2D eigenvalue weighted by Crippen LogP contribution is -2.28. The van der Waals surface area contributed by atoms with Gasteiger partial charge >= 0.3 is 12.0 Å². The van der Waals surface area contributed by atoms with Gasteiger partial charge in [-0.2, -0.15) is 0 Å². The smallest absolute Gasteiger partial charge is 0.341 e. The van der Waals surface area contributed by atoms with E-state index in [4.69, 9.17) is 9.84 Å². The SMILES string of the molecule is CC#CCNC(=O)Nc1ccc(OCC(=O)O)cc1. The number of urea groups is 1. The first-order valence-electron chi connectivity index (χ1n) is 5.51. The van der Waals surface area contributed by atoms with Crippen molar-refractivity contribution < 1.29 is 19.4 Å². The maximum atomic E-state index is 11.4. The molecule has 0 radical (unpaired) electrons. The number of amides is 2. The van der Waals surface area contributed by atoms with Gasteiger partial charge in [0, 0.05) is 5.69 Å². The maximum absolute atomic E-state index is 11.4. The van der Waals surface area contributed by atoms with Crippen LogP contribution in [0.2, 0.25) is 0 Å². The molecular weight excluding hydrogens is 248 g/mol. The molecule has 100 valence electrons. The topological polar surface area (TPSA) is 87.7 Å². The summed E-state index contributed by atoms with van der Waals surface area (Å²) in [5.41, 5.74) is 0.574. The van der Waals surface area contributed by atoms with Crippen LogP contribution in [0.5, 0.6) is 5.75 Å². The van der Waals surface area contributed by atoms with E-state index in [1.165, 1.54) is 0 Å². The standard InChI is InChI=1S/C13H14N2O4/c1-2-3-8-14-13(18)15-10-4-6-11(7-5-10)19-9-12(16)17/h4-7H,8-9H2,1H3,(H,16,17)(H2,14,15,18). The fraction of sp³-hybridized carbons (Fsp3) is 0.231. The van der Waals surface area contributed by atoms with Crippen molar-refractivity contribution in [2.24, 2.45) is 0 Å². The lowest BCUT2D eigenvalue weighted by Gasteiger charge is -2.07. The second-order valence-electron chi connectivity index (χ2n) is 3.44. The summed E-state index contributed by atoms with van der Waals surface area (Å²) in [4.78, 5) is 21.7. The van der Waals surface area contributed by atoms with Crippen molar-refractivity contribution in [2.45, 2.75) is 6.92 Å². The maximum Gasteiger partial charge on any atom is 0.341 e. The van der Waals surface area contributed by atoms with Gasteiger partial charge in [-0.1, -0.05) is 5.92 Å². The summed E-state index contributed by atoms with van der Waals surface area (Å²) < 4.78 is 4.96. The van der Waals surface area contributed by atoms with E-state index in [1.54, 1.807) is 31.2 Å². The van der Waals surface area contributed by atoms with Crippen LogP contribution < -0.4 is 15.4 Å². The molecule has 0 aliphatic carbocycles. The van der Waals surface area contributed by atoms with Crippen LogP contribution in [0.4, 0.5) is 10.5 Å². The van der Waals surface area contributed by atoms with Crippen molar-refractivity contribution in [3.05, 3.63) is 24.3 Å². The largest absolute Gasteiger partial charge is 0.482 e. The molecule has 6 heteroatoms. The number of rotatable bonds is 5. The zero-order valence-electron chi connectivity index (χ0n) is 10.4. The third kappa shape index (κ3) is 5.98. The highest BCUT2D eigenvalue weighted by atomic mass is 16.5. The highest BCUT2D eigenvalue weighted by Gasteiger charge is 2.02. The van der Waals surface area contributed by atoms with Gasteiger partial charge in [0.25, 0.3) is 0 Å². The van der Waals surface area contributed by atoms with E-state index < -0.39 is 12.6 Å². The van der Waals surface area contributed by atoms with Crippen LogP contribution in [0.15, 0.2) is 24.3 Å². The molecule has 1 aromatic carbocycles. The van der Waals surface area contributed by atoms with Crippen LogP contribution in [0.25, 0.3) is 0 Å². The van der Waals surface area contributed by atoms with Gasteiger partial charge in [-0.25, -0.2) is 9.59 Å². The van der Waals surface area contributed by atoms with E-state index >= 15 is 0 Å². The summed E-state index contributed by atoms with van der Waals surface area (Å²) in [7, 11) is 0. The molecular formula is C13H14N2O4. The minimum atomic E-state index is -1.04. The molecule has 0 spiro atoms. The Balaban J connectivity index is 2.44. The van der Waals surface area contributed by atoms with Gasteiger partial charge in [-0.15, -0.1) is 5.92 Å². The van der Waals surface area contributed by atoms with Gasteiger partial charge in [0.2, 0.25) is 0 Å². The van der Waals surface area contributed by atoms with E-state index in [1.807, 2.05) is 0 Å². The first kappa shape index (κ1) is 14.4. The summed E-state index contributed by atoms with van der Waals surface area (Å²) in [6.45, 7) is 1.57. The molecule has 0 aliphatic heterocycles. The van der Waals surface area contributed by atoms with Crippen LogP contribution in [0, 0.1) is 11.8 Å². The lowest BCUT2D eigenvalue weighted by atomic mass is 10.3. The first-order chi connectivity index (χ1) is 9.11. The number of nitrogens with one attached hydrogen (secondary N) is 2. The Bertz CT molecular complexity index is 500. The van der Waals surface area contributed by atoms with Gasteiger partial charge in [-0.05, 0) is 31.2 Å². The van der Waals surface area contributed by atoms with Crippen LogP contribution in [0.1, 0.15) is 6.92 Å². The van der Waals surface area contributed by atoms with Crippen molar-refractivity contribution in [3.8, 4) is 17.6 Å². The van der Waals surface area contributed by atoms with Crippen molar-refractivity contribution >= 4 is 17.7 Å². The van der Waals surface area contributed by atoms with E-state index in [0.717, 1.165) is 0 Å². The number of carboxylic acid groups (broad SMARTS) is 1.